The van der Waals surface area contributed by atoms with Crippen LogP contribution in [0.5, 0.6) is 0 Å². The number of aromatic nitrogens is 1. The zero-order chi connectivity index (χ0) is 10.5. The summed E-state index contributed by atoms with van der Waals surface area (Å²) < 4.78 is 0. The summed E-state index contributed by atoms with van der Waals surface area (Å²) in [5, 5.41) is 0. The van der Waals surface area contributed by atoms with Gasteiger partial charge in [-0.2, -0.15) is 0 Å². The van der Waals surface area contributed by atoms with Gasteiger partial charge in [-0.25, -0.2) is 0 Å². The van der Waals surface area contributed by atoms with Crippen LogP contribution in [0.3, 0.4) is 0 Å². The van der Waals surface area contributed by atoms with Crippen LogP contribution in [-0.2, 0) is 6.42 Å². The highest BCUT2D eigenvalue weighted by atomic mass is 15.1. The van der Waals surface area contributed by atoms with Gasteiger partial charge in [-0.05, 0) is 37.6 Å². The van der Waals surface area contributed by atoms with Crippen LogP contribution in [0.15, 0.2) is 24.4 Å². The Hall–Kier alpha value is -0.930. The molecule has 3 nitrogen and oxygen atoms in total. The molecule has 2 rings (SSSR count). The third kappa shape index (κ3) is 3.01. The lowest BCUT2D eigenvalue weighted by molar-refractivity contribution is 0.328. The average molecular weight is 205 g/mol. The topological polar surface area (TPSA) is 42.1 Å². The van der Waals surface area contributed by atoms with Crippen LogP contribution in [0.1, 0.15) is 12.1 Å². The molecule has 1 aromatic rings. The minimum absolute atomic E-state index is 0.716. The summed E-state index contributed by atoms with van der Waals surface area (Å²) in [6, 6.07) is 6.11. The summed E-state index contributed by atoms with van der Waals surface area (Å²) in [7, 11) is 0. The van der Waals surface area contributed by atoms with Gasteiger partial charge in [0.05, 0.1) is 0 Å². The first-order chi connectivity index (χ1) is 7.38. The van der Waals surface area contributed by atoms with Crippen LogP contribution in [0, 0.1) is 5.92 Å². The van der Waals surface area contributed by atoms with Crippen LogP contribution in [0.25, 0.3) is 0 Å². The number of likely N-dealkylation sites (tertiary alicyclic amines) is 1. The molecule has 3 heteroatoms. The molecule has 0 aliphatic carbocycles. The molecule has 0 amide bonds. The Kier molecular flexibility index (Phi) is 3.69. The van der Waals surface area contributed by atoms with Gasteiger partial charge in [-0.3, -0.25) is 4.98 Å². The molecule has 1 aliphatic heterocycles. The van der Waals surface area contributed by atoms with Crippen molar-refractivity contribution < 1.29 is 0 Å². The predicted molar refractivity (Wildman–Crippen MR) is 61.5 cm³/mol. The summed E-state index contributed by atoms with van der Waals surface area (Å²) in [4.78, 5) is 6.82. The quantitative estimate of drug-likeness (QED) is 0.794. The van der Waals surface area contributed by atoms with E-state index in [-0.39, 0.29) is 0 Å². The number of rotatable bonds is 4. The van der Waals surface area contributed by atoms with Gasteiger partial charge in [-0.1, -0.05) is 6.07 Å². The highest BCUT2D eigenvalue weighted by molar-refractivity contribution is 5.03. The summed E-state index contributed by atoms with van der Waals surface area (Å²) in [5.74, 6) is 0.716. The highest BCUT2D eigenvalue weighted by Gasteiger charge is 2.20. The van der Waals surface area contributed by atoms with E-state index in [9.17, 15) is 0 Å². The molecule has 82 valence electrons. The molecule has 1 fully saturated rings. The van der Waals surface area contributed by atoms with Crippen LogP contribution >= 0.6 is 0 Å². The molecule has 1 aromatic heterocycles. The smallest absolute Gasteiger partial charge is 0.0416 e. The minimum Gasteiger partial charge on any atom is -0.330 e. The van der Waals surface area contributed by atoms with Crippen molar-refractivity contribution in [3.05, 3.63) is 30.1 Å². The molecule has 1 aliphatic rings. The largest absolute Gasteiger partial charge is 0.330 e. The van der Waals surface area contributed by atoms with Gasteiger partial charge in [0.25, 0.3) is 0 Å². The van der Waals surface area contributed by atoms with Crippen molar-refractivity contribution in [3.63, 3.8) is 0 Å². The Labute approximate surface area is 91.3 Å². The Morgan fingerprint density at radius 3 is 3.07 bits per heavy atom. The monoisotopic (exact) mass is 205 g/mol. The summed E-state index contributed by atoms with van der Waals surface area (Å²) in [6.07, 6.45) is 4.18. The Bertz CT molecular complexity index is 286. The highest BCUT2D eigenvalue weighted by Crippen LogP contribution is 2.14. The lowest BCUT2D eigenvalue weighted by Gasteiger charge is -2.14. The molecule has 0 spiro atoms. The van der Waals surface area contributed by atoms with Gasteiger partial charge < -0.3 is 10.6 Å². The van der Waals surface area contributed by atoms with Crippen molar-refractivity contribution in [2.24, 2.45) is 11.7 Å². The first-order valence-corrected chi connectivity index (χ1v) is 5.71. The Morgan fingerprint density at radius 1 is 1.47 bits per heavy atom. The van der Waals surface area contributed by atoms with Crippen molar-refractivity contribution in [1.82, 2.24) is 9.88 Å². The number of nitrogens with two attached hydrogens (primary N) is 1. The molecule has 1 atom stereocenters. The normalized spacial score (nSPS) is 22.1. The van der Waals surface area contributed by atoms with E-state index in [0.717, 1.165) is 19.5 Å². The molecule has 1 unspecified atom stereocenters. The van der Waals surface area contributed by atoms with Crippen molar-refractivity contribution in [1.29, 1.82) is 0 Å². The van der Waals surface area contributed by atoms with Gasteiger partial charge in [0.15, 0.2) is 0 Å². The van der Waals surface area contributed by atoms with Crippen LogP contribution < -0.4 is 5.73 Å². The maximum atomic E-state index is 5.66. The van der Waals surface area contributed by atoms with E-state index in [1.807, 2.05) is 12.3 Å². The van der Waals surface area contributed by atoms with E-state index in [4.69, 9.17) is 5.73 Å². The van der Waals surface area contributed by atoms with Crippen LogP contribution in [0.4, 0.5) is 0 Å². The van der Waals surface area contributed by atoms with Gasteiger partial charge in [0, 0.05) is 31.4 Å². The first kappa shape index (κ1) is 10.6. The van der Waals surface area contributed by atoms with E-state index in [1.54, 1.807) is 0 Å². The summed E-state index contributed by atoms with van der Waals surface area (Å²) in [6.45, 7) is 4.33. The third-order valence-electron chi connectivity index (χ3n) is 3.11. The molecule has 0 saturated carbocycles. The Morgan fingerprint density at radius 2 is 2.40 bits per heavy atom. The Balaban J connectivity index is 1.75. The molecule has 15 heavy (non-hydrogen) atoms. The van der Waals surface area contributed by atoms with E-state index in [1.165, 1.54) is 25.2 Å². The number of nitrogens with zero attached hydrogens (tertiary/aromatic N) is 2. The zero-order valence-corrected chi connectivity index (χ0v) is 9.10. The first-order valence-electron chi connectivity index (χ1n) is 5.71. The molecular weight excluding hydrogens is 186 g/mol. The number of hydrogen-bond donors (Lipinski definition) is 1. The summed E-state index contributed by atoms with van der Waals surface area (Å²) in [5.41, 5.74) is 6.85. The minimum atomic E-state index is 0.716. The fraction of sp³-hybridized carbons (Fsp3) is 0.583. The molecule has 0 aromatic carbocycles. The maximum absolute atomic E-state index is 5.66. The fourth-order valence-electron chi connectivity index (χ4n) is 2.13. The zero-order valence-electron chi connectivity index (χ0n) is 9.10. The van der Waals surface area contributed by atoms with Crippen LogP contribution in [0.2, 0.25) is 0 Å². The lowest BCUT2D eigenvalue weighted by Crippen LogP contribution is -2.25. The van der Waals surface area contributed by atoms with Gasteiger partial charge in [0.2, 0.25) is 0 Å². The van der Waals surface area contributed by atoms with Gasteiger partial charge in [-0.15, -0.1) is 0 Å². The maximum Gasteiger partial charge on any atom is 0.0416 e. The van der Waals surface area contributed by atoms with Gasteiger partial charge >= 0.3 is 0 Å². The molecule has 2 heterocycles. The summed E-state index contributed by atoms with van der Waals surface area (Å²) >= 11 is 0. The third-order valence-corrected chi connectivity index (χ3v) is 3.11. The van der Waals surface area contributed by atoms with E-state index in [0.29, 0.717) is 5.92 Å². The average Bonchev–Trinajstić information content (AvgIpc) is 2.76. The van der Waals surface area contributed by atoms with Crippen molar-refractivity contribution in [3.8, 4) is 0 Å². The number of hydrogen-bond acceptors (Lipinski definition) is 3. The lowest BCUT2D eigenvalue weighted by atomic mass is 10.1. The SMILES string of the molecule is NCC1CCN(CCc2ccccn2)C1. The number of pyridine rings is 1. The van der Waals surface area contributed by atoms with E-state index in [2.05, 4.69) is 22.0 Å². The molecule has 2 N–H and O–H groups in total. The van der Waals surface area contributed by atoms with Crippen LogP contribution in [-0.4, -0.2) is 36.1 Å². The fourth-order valence-corrected chi connectivity index (χ4v) is 2.13. The predicted octanol–water partition coefficient (Wildman–Crippen LogP) is 0.905. The second-order valence-electron chi connectivity index (χ2n) is 4.26. The van der Waals surface area contributed by atoms with E-state index < -0.39 is 0 Å². The molecule has 0 bridgehead atoms. The molecular formula is C12H19N3. The van der Waals surface area contributed by atoms with Crippen molar-refractivity contribution in [2.45, 2.75) is 12.8 Å². The van der Waals surface area contributed by atoms with Gasteiger partial charge in [0.1, 0.15) is 0 Å². The second kappa shape index (κ2) is 5.24. The van der Waals surface area contributed by atoms with Crippen molar-refractivity contribution >= 4 is 0 Å². The molecule has 0 radical (unpaired) electrons. The molecule has 1 saturated heterocycles. The standard InChI is InChI=1S/C12H19N3/c13-9-11-4-7-15(10-11)8-5-12-3-1-2-6-14-12/h1-3,6,11H,4-5,7-10,13H2. The second-order valence-corrected chi connectivity index (χ2v) is 4.26. The van der Waals surface area contributed by atoms with Crippen molar-refractivity contribution in [2.75, 3.05) is 26.2 Å². The van der Waals surface area contributed by atoms with E-state index >= 15 is 0 Å².